The number of likely N-dealkylation sites (tertiary alicyclic amines) is 1. The third-order valence-electron chi connectivity index (χ3n) is 4.75. The highest BCUT2D eigenvalue weighted by molar-refractivity contribution is 5.82. The number of hydrogen-bond donors (Lipinski definition) is 1. The predicted octanol–water partition coefficient (Wildman–Crippen LogP) is 0.785. The first kappa shape index (κ1) is 13.8. The van der Waals surface area contributed by atoms with Crippen molar-refractivity contribution in [1.82, 2.24) is 15.1 Å². The number of carbonyl (C=O) groups is 1. The molecular formula is C14H27N3O. The van der Waals surface area contributed by atoms with Gasteiger partial charge >= 0.3 is 0 Å². The first-order chi connectivity index (χ1) is 8.44. The van der Waals surface area contributed by atoms with E-state index in [0.29, 0.717) is 17.9 Å². The van der Waals surface area contributed by atoms with Crippen LogP contribution in [0.15, 0.2) is 0 Å². The van der Waals surface area contributed by atoms with Crippen molar-refractivity contribution in [3.63, 3.8) is 0 Å². The molecule has 2 rings (SSSR count). The Morgan fingerprint density at radius 1 is 1.28 bits per heavy atom. The summed E-state index contributed by atoms with van der Waals surface area (Å²) in [7, 11) is 4.22. The summed E-state index contributed by atoms with van der Waals surface area (Å²) >= 11 is 0. The minimum absolute atomic E-state index is 0.133. The minimum Gasteiger partial charge on any atom is -0.340 e. The number of piperidine rings is 1. The van der Waals surface area contributed by atoms with Gasteiger partial charge in [0.1, 0.15) is 0 Å². The van der Waals surface area contributed by atoms with E-state index in [1.165, 1.54) is 0 Å². The summed E-state index contributed by atoms with van der Waals surface area (Å²) in [6, 6.07) is 0.513. The van der Waals surface area contributed by atoms with Gasteiger partial charge in [0.25, 0.3) is 0 Å². The van der Waals surface area contributed by atoms with Crippen molar-refractivity contribution >= 4 is 5.91 Å². The summed E-state index contributed by atoms with van der Waals surface area (Å²) in [5.41, 5.74) is -0.133. The van der Waals surface area contributed by atoms with E-state index in [-0.39, 0.29) is 5.41 Å². The van der Waals surface area contributed by atoms with Gasteiger partial charge in [0.05, 0.1) is 0 Å². The average molecular weight is 253 g/mol. The molecule has 104 valence electrons. The van der Waals surface area contributed by atoms with E-state index in [9.17, 15) is 4.79 Å². The first-order valence-corrected chi connectivity index (χ1v) is 7.10. The highest BCUT2D eigenvalue weighted by atomic mass is 16.2. The third kappa shape index (κ3) is 2.54. The number of carbonyl (C=O) groups excluding carboxylic acids is 1. The summed E-state index contributed by atoms with van der Waals surface area (Å²) < 4.78 is 0. The van der Waals surface area contributed by atoms with Crippen LogP contribution >= 0.6 is 0 Å². The van der Waals surface area contributed by atoms with Crippen molar-refractivity contribution in [3.8, 4) is 0 Å². The van der Waals surface area contributed by atoms with Crippen LogP contribution in [0.4, 0.5) is 0 Å². The molecule has 1 amide bonds. The Morgan fingerprint density at radius 3 is 2.39 bits per heavy atom. The lowest BCUT2D eigenvalue weighted by Gasteiger charge is -2.36. The van der Waals surface area contributed by atoms with Crippen LogP contribution in [0, 0.1) is 11.3 Å². The number of nitrogens with one attached hydrogen (secondary N) is 1. The maximum Gasteiger partial charge on any atom is 0.228 e. The molecule has 0 aromatic carbocycles. The van der Waals surface area contributed by atoms with Crippen molar-refractivity contribution < 1.29 is 4.79 Å². The zero-order chi connectivity index (χ0) is 13.3. The van der Waals surface area contributed by atoms with Crippen molar-refractivity contribution in [2.24, 2.45) is 11.3 Å². The molecule has 2 aliphatic heterocycles. The average Bonchev–Trinajstić information content (AvgIpc) is 2.71. The van der Waals surface area contributed by atoms with Crippen LogP contribution in [-0.4, -0.2) is 62.0 Å². The molecule has 18 heavy (non-hydrogen) atoms. The summed E-state index contributed by atoms with van der Waals surface area (Å²) in [5, 5.41) is 3.34. The molecule has 0 radical (unpaired) electrons. The highest BCUT2D eigenvalue weighted by Crippen LogP contribution is 2.33. The molecule has 4 heteroatoms. The molecule has 0 aliphatic carbocycles. The lowest BCUT2D eigenvalue weighted by atomic mass is 9.79. The molecule has 0 spiro atoms. The predicted molar refractivity (Wildman–Crippen MR) is 73.4 cm³/mol. The van der Waals surface area contributed by atoms with E-state index in [1.807, 2.05) is 0 Å². The molecule has 2 atom stereocenters. The fraction of sp³-hybridized carbons (Fsp3) is 0.929. The first-order valence-electron chi connectivity index (χ1n) is 7.10. The smallest absolute Gasteiger partial charge is 0.228 e. The second kappa shape index (κ2) is 5.17. The second-order valence-corrected chi connectivity index (χ2v) is 6.53. The van der Waals surface area contributed by atoms with Gasteiger partial charge in [-0.1, -0.05) is 13.8 Å². The van der Waals surface area contributed by atoms with Gasteiger partial charge in [-0.25, -0.2) is 0 Å². The molecule has 0 saturated carbocycles. The molecule has 0 bridgehead atoms. The van der Waals surface area contributed by atoms with E-state index < -0.39 is 0 Å². The van der Waals surface area contributed by atoms with Crippen molar-refractivity contribution in [2.75, 3.05) is 40.3 Å². The van der Waals surface area contributed by atoms with Crippen molar-refractivity contribution in [3.05, 3.63) is 0 Å². The molecular weight excluding hydrogens is 226 g/mol. The molecule has 2 aliphatic rings. The van der Waals surface area contributed by atoms with Crippen LogP contribution in [0.2, 0.25) is 0 Å². The Bertz CT molecular complexity index is 310. The Balaban J connectivity index is 2.02. The van der Waals surface area contributed by atoms with Crippen molar-refractivity contribution in [1.29, 1.82) is 0 Å². The van der Waals surface area contributed by atoms with E-state index in [1.54, 1.807) is 0 Å². The molecule has 2 saturated heterocycles. The standard InChI is InChI=1S/C14H27N3O/c1-11-9-17(10-12(11)16(3)4)13(18)14(2)5-7-15-8-6-14/h11-12,15H,5-10H2,1-4H3. The van der Waals surface area contributed by atoms with E-state index in [2.05, 4.69) is 43.1 Å². The van der Waals surface area contributed by atoms with Crippen LogP contribution in [0.1, 0.15) is 26.7 Å². The fourth-order valence-corrected chi connectivity index (χ4v) is 3.36. The summed E-state index contributed by atoms with van der Waals surface area (Å²) in [5.74, 6) is 0.953. The van der Waals surface area contributed by atoms with E-state index >= 15 is 0 Å². The number of likely N-dealkylation sites (N-methyl/N-ethyl adjacent to an activating group) is 1. The monoisotopic (exact) mass is 253 g/mol. The zero-order valence-corrected chi connectivity index (χ0v) is 12.2. The van der Waals surface area contributed by atoms with Gasteiger partial charge in [-0.15, -0.1) is 0 Å². The molecule has 1 N–H and O–H groups in total. The SMILES string of the molecule is CC1CN(C(=O)C2(C)CCNCC2)CC1N(C)C. The van der Waals surface area contributed by atoms with Gasteiger partial charge in [-0.3, -0.25) is 4.79 Å². The maximum absolute atomic E-state index is 12.7. The Labute approximate surface area is 111 Å². The van der Waals surface area contributed by atoms with Gasteiger partial charge in [0.15, 0.2) is 0 Å². The van der Waals surface area contributed by atoms with Crippen LogP contribution in [0.25, 0.3) is 0 Å². The number of nitrogens with zero attached hydrogens (tertiary/aromatic N) is 2. The third-order valence-corrected chi connectivity index (χ3v) is 4.75. The van der Waals surface area contributed by atoms with Gasteiger partial charge in [0.2, 0.25) is 5.91 Å². The largest absolute Gasteiger partial charge is 0.340 e. The van der Waals surface area contributed by atoms with Gasteiger partial charge in [-0.05, 0) is 45.9 Å². The van der Waals surface area contributed by atoms with Gasteiger partial charge in [-0.2, -0.15) is 0 Å². The fourth-order valence-electron chi connectivity index (χ4n) is 3.36. The molecule has 2 fully saturated rings. The molecule has 2 unspecified atom stereocenters. The normalized spacial score (nSPS) is 31.9. The number of hydrogen-bond acceptors (Lipinski definition) is 3. The minimum atomic E-state index is -0.133. The molecule has 0 aromatic heterocycles. The summed E-state index contributed by atoms with van der Waals surface area (Å²) in [6.07, 6.45) is 1.95. The topological polar surface area (TPSA) is 35.6 Å². The maximum atomic E-state index is 12.7. The summed E-state index contributed by atoms with van der Waals surface area (Å²) in [4.78, 5) is 17.1. The van der Waals surface area contributed by atoms with Crippen LogP contribution in [0.5, 0.6) is 0 Å². The Morgan fingerprint density at radius 2 is 1.89 bits per heavy atom. The van der Waals surface area contributed by atoms with Crippen LogP contribution < -0.4 is 5.32 Å². The zero-order valence-electron chi connectivity index (χ0n) is 12.2. The molecule has 2 heterocycles. The lowest BCUT2D eigenvalue weighted by molar-refractivity contribution is -0.141. The Kier molecular flexibility index (Phi) is 3.97. The Hall–Kier alpha value is -0.610. The number of amides is 1. The highest BCUT2D eigenvalue weighted by Gasteiger charge is 2.42. The lowest BCUT2D eigenvalue weighted by Crippen LogP contribution is -2.47. The van der Waals surface area contributed by atoms with E-state index in [0.717, 1.165) is 39.0 Å². The van der Waals surface area contributed by atoms with E-state index in [4.69, 9.17) is 0 Å². The quantitative estimate of drug-likeness (QED) is 0.790. The van der Waals surface area contributed by atoms with Crippen LogP contribution in [0.3, 0.4) is 0 Å². The molecule has 0 aromatic rings. The van der Waals surface area contributed by atoms with Gasteiger partial charge in [0, 0.05) is 24.5 Å². The van der Waals surface area contributed by atoms with Crippen LogP contribution in [-0.2, 0) is 4.79 Å². The number of rotatable bonds is 2. The second-order valence-electron chi connectivity index (χ2n) is 6.53. The molecule has 4 nitrogen and oxygen atoms in total. The van der Waals surface area contributed by atoms with Crippen molar-refractivity contribution in [2.45, 2.75) is 32.7 Å². The summed E-state index contributed by atoms with van der Waals surface area (Å²) in [6.45, 7) is 8.17. The van der Waals surface area contributed by atoms with Gasteiger partial charge < -0.3 is 15.1 Å².